The lowest BCUT2D eigenvalue weighted by molar-refractivity contribution is -0.140. The van der Waals surface area contributed by atoms with Crippen molar-refractivity contribution in [3.05, 3.63) is 0 Å². The average Bonchev–Trinajstić information content (AvgIpc) is 2.29. The van der Waals surface area contributed by atoms with E-state index in [1.165, 1.54) is 6.42 Å². The zero-order valence-corrected chi connectivity index (χ0v) is 9.55. The van der Waals surface area contributed by atoms with Gasteiger partial charge < -0.3 is 5.11 Å². The fourth-order valence-electron chi connectivity index (χ4n) is 3.88. The fourth-order valence-corrected chi connectivity index (χ4v) is 3.88. The Morgan fingerprint density at radius 2 is 1.79 bits per heavy atom. The molecule has 2 fully saturated rings. The molecule has 2 atom stereocenters. The largest absolute Gasteiger partial charge is 0.481 e. The molecule has 0 heterocycles. The van der Waals surface area contributed by atoms with Crippen molar-refractivity contribution in [2.45, 2.75) is 47.0 Å². The summed E-state index contributed by atoms with van der Waals surface area (Å²) in [4.78, 5) is 11.1. The van der Waals surface area contributed by atoms with Gasteiger partial charge in [-0.25, -0.2) is 0 Å². The Morgan fingerprint density at radius 1 is 1.21 bits per heavy atom. The molecule has 14 heavy (non-hydrogen) atoms. The summed E-state index contributed by atoms with van der Waals surface area (Å²) in [6.45, 7) is 8.75. The van der Waals surface area contributed by atoms with Crippen molar-refractivity contribution in [3.8, 4) is 0 Å². The minimum Gasteiger partial charge on any atom is -0.481 e. The molecule has 1 N–H and O–H groups in total. The average molecular weight is 196 g/mol. The summed E-state index contributed by atoms with van der Waals surface area (Å²) in [7, 11) is 0. The van der Waals surface area contributed by atoms with Crippen LogP contribution in [-0.2, 0) is 4.79 Å². The van der Waals surface area contributed by atoms with E-state index in [-0.39, 0.29) is 16.7 Å². The summed E-state index contributed by atoms with van der Waals surface area (Å²) < 4.78 is 0. The van der Waals surface area contributed by atoms with Gasteiger partial charge in [-0.1, -0.05) is 27.7 Å². The number of carboxylic acid groups (broad SMARTS) is 1. The van der Waals surface area contributed by atoms with Gasteiger partial charge in [0.2, 0.25) is 0 Å². The smallest absolute Gasteiger partial charge is 0.307 e. The van der Waals surface area contributed by atoms with Crippen molar-refractivity contribution in [2.24, 2.45) is 22.2 Å². The van der Waals surface area contributed by atoms with Gasteiger partial charge in [0.1, 0.15) is 0 Å². The molecule has 0 saturated heterocycles. The number of carboxylic acids is 1. The van der Waals surface area contributed by atoms with Crippen LogP contribution in [0.4, 0.5) is 0 Å². The topological polar surface area (TPSA) is 37.3 Å². The predicted octanol–water partition coefficient (Wildman–Crippen LogP) is 2.92. The molecule has 80 valence electrons. The summed E-state index contributed by atoms with van der Waals surface area (Å²) in [5, 5.41) is 9.18. The zero-order chi connectivity index (χ0) is 10.8. The Morgan fingerprint density at radius 3 is 2.07 bits per heavy atom. The first kappa shape index (κ1) is 10.0. The molecule has 0 aliphatic heterocycles. The summed E-state index contributed by atoms with van der Waals surface area (Å²) in [6, 6.07) is 0. The van der Waals surface area contributed by atoms with E-state index in [1.807, 2.05) is 0 Å². The number of hydrogen-bond donors (Lipinski definition) is 1. The standard InChI is InChI=1S/C12H20O2/c1-10(2)5-6-12(7-10)8(9(13)14)11(12,3)4/h8H,5-7H2,1-4H3,(H,13,14). The van der Waals surface area contributed by atoms with Gasteiger partial charge in [-0.2, -0.15) is 0 Å². The summed E-state index contributed by atoms with van der Waals surface area (Å²) in [5.74, 6) is -0.690. The molecule has 0 aromatic rings. The van der Waals surface area contributed by atoms with E-state index in [9.17, 15) is 9.90 Å². The molecule has 2 unspecified atom stereocenters. The highest BCUT2D eigenvalue weighted by Crippen LogP contribution is 2.78. The van der Waals surface area contributed by atoms with Gasteiger partial charge in [0.25, 0.3) is 0 Å². The van der Waals surface area contributed by atoms with Crippen LogP contribution in [0.1, 0.15) is 47.0 Å². The minimum absolute atomic E-state index is 0.0204. The quantitative estimate of drug-likeness (QED) is 0.700. The monoisotopic (exact) mass is 196 g/mol. The second-order valence-corrected chi connectivity index (χ2v) is 6.49. The zero-order valence-electron chi connectivity index (χ0n) is 9.55. The van der Waals surface area contributed by atoms with Crippen molar-refractivity contribution in [2.75, 3.05) is 0 Å². The van der Waals surface area contributed by atoms with E-state index in [1.54, 1.807) is 0 Å². The molecule has 2 aliphatic rings. The van der Waals surface area contributed by atoms with E-state index in [0.717, 1.165) is 12.8 Å². The van der Waals surface area contributed by atoms with E-state index >= 15 is 0 Å². The molecular formula is C12H20O2. The Balaban J connectivity index is 2.26. The van der Waals surface area contributed by atoms with Crippen LogP contribution in [0.5, 0.6) is 0 Å². The molecule has 1 spiro atoms. The second kappa shape index (κ2) is 2.34. The summed E-state index contributed by atoms with van der Waals surface area (Å²) >= 11 is 0. The van der Waals surface area contributed by atoms with Gasteiger partial charge in [0, 0.05) is 0 Å². The molecule has 2 nitrogen and oxygen atoms in total. The van der Waals surface area contributed by atoms with Gasteiger partial charge in [-0.3, -0.25) is 4.79 Å². The third-order valence-electron chi connectivity index (χ3n) is 4.76. The molecule has 0 amide bonds. The van der Waals surface area contributed by atoms with Crippen molar-refractivity contribution >= 4 is 5.97 Å². The molecular weight excluding hydrogens is 176 g/mol. The van der Waals surface area contributed by atoms with Crippen molar-refractivity contribution in [3.63, 3.8) is 0 Å². The van der Waals surface area contributed by atoms with Crippen molar-refractivity contribution < 1.29 is 9.90 Å². The normalized spacial score (nSPS) is 42.7. The SMILES string of the molecule is CC1(C)CCC2(C1)C(C(=O)O)C2(C)C. The van der Waals surface area contributed by atoms with E-state index in [2.05, 4.69) is 27.7 Å². The maximum absolute atomic E-state index is 11.1. The second-order valence-electron chi connectivity index (χ2n) is 6.49. The van der Waals surface area contributed by atoms with Gasteiger partial charge in [-0.05, 0) is 35.5 Å². The Bertz CT molecular complexity index is 291. The maximum Gasteiger partial charge on any atom is 0.307 e. The molecule has 2 rings (SSSR count). The third kappa shape index (κ3) is 0.999. The number of hydrogen-bond acceptors (Lipinski definition) is 1. The van der Waals surface area contributed by atoms with Gasteiger partial charge in [-0.15, -0.1) is 0 Å². The first-order chi connectivity index (χ1) is 6.23. The molecule has 2 saturated carbocycles. The van der Waals surface area contributed by atoms with Crippen molar-refractivity contribution in [1.29, 1.82) is 0 Å². The van der Waals surface area contributed by atoms with Crippen LogP contribution >= 0.6 is 0 Å². The predicted molar refractivity (Wildman–Crippen MR) is 55.0 cm³/mol. The maximum atomic E-state index is 11.1. The molecule has 0 radical (unpaired) electrons. The highest BCUT2D eigenvalue weighted by molar-refractivity contribution is 5.77. The first-order valence-electron chi connectivity index (χ1n) is 5.46. The Hall–Kier alpha value is -0.530. The van der Waals surface area contributed by atoms with Gasteiger partial charge >= 0.3 is 5.97 Å². The van der Waals surface area contributed by atoms with Crippen LogP contribution in [0.25, 0.3) is 0 Å². The van der Waals surface area contributed by atoms with Crippen LogP contribution in [0.2, 0.25) is 0 Å². The van der Waals surface area contributed by atoms with Crippen LogP contribution in [0, 0.1) is 22.2 Å². The molecule has 0 aromatic heterocycles. The number of aliphatic carboxylic acids is 1. The highest BCUT2D eigenvalue weighted by Gasteiger charge is 2.76. The van der Waals surface area contributed by atoms with Crippen LogP contribution < -0.4 is 0 Å². The van der Waals surface area contributed by atoms with Crippen LogP contribution in [-0.4, -0.2) is 11.1 Å². The minimum atomic E-state index is -0.590. The van der Waals surface area contributed by atoms with Crippen LogP contribution in [0.3, 0.4) is 0 Å². The lowest BCUT2D eigenvalue weighted by Crippen LogP contribution is -2.10. The van der Waals surface area contributed by atoms with E-state index in [0.29, 0.717) is 5.41 Å². The van der Waals surface area contributed by atoms with E-state index in [4.69, 9.17) is 0 Å². The lowest BCUT2D eigenvalue weighted by atomic mass is 9.86. The number of rotatable bonds is 1. The van der Waals surface area contributed by atoms with Crippen LogP contribution in [0.15, 0.2) is 0 Å². The molecule has 2 heteroatoms. The molecule has 2 aliphatic carbocycles. The first-order valence-corrected chi connectivity index (χ1v) is 5.46. The summed E-state index contributed by atoms with van der Waals surface area (Å²) in [6.07, 6.45) is 3.37. The molecule has 0 aromatic carbocycles. The number of carbonyl (C=O) groups is 1. The highest BCUT2D eigenvalue weighted by atomic mass is 16.4. The Labute approximate surface area is 85.7 Å². The van der Waals surface area contributed by atoms with Gasteiger partial charge in [0.05, 0.1) is 5.92 Å². The van der Waals surface area contributed by atoms with Crippen molar-refractivity contribution in [1.82, 2.24) is 0 Å². The molecule has 0 bridgehead atoms. The van der Waals surface area contributed by atoms with E-state index < -0.39 is 5.97 Å². The lowest BCUT2D eigenvalue weighted by Gasteiger charge is -2.18. The summed E-state index contributed by atoms with van der Waals surface area (Å²) in [5.41, 5.74) is 0.483. The fraction of sp³-hybridized carbons (Fsp3) is 0.917. The Kier molecular flexibility index (Phi) is 1.67. The van der Waals surface area contributed by atoms with Gasteiger partial charge in [0.15, 0.2) is 0 Å². The third-order valence-corrected chi connectivity index (χ3v) is 4.76.